The van der Waals surface area contributed by atoms with Gasteiger partial charge in [-0.3, -0.25) is 4.79 Å². The molecule has 8 nitrogen and oxygen atoms in total. The van der Waals surface area contributed by atoms with Crippen LogP contribution >= 0.6 is 0 Å². The van der Waals surface area contributed by atoms with E-state index in [1.54, 1.807) is 7.11 Å². The van der Waals surface area contributed by atoms with Crippen molar-refractivity contribution in [1.29, 1.82) is 0 Å². The molecule has 2 N–H and O–H groups in total. The summed E-state index contributed by atoms with van der Waals surface area (Å²) in [6, 6.07) is 20.1. The van der Waals surface area contributed by atoms with E-state index in [-0.39, 0.29) is 12.5 Å². The molecule has 7 rings (SSSR count). The highest BCUT2D eigenvalue weighted by Crippen LogP contribution is 2.47. The number of ether oxygens (including phenoxy) is 2. The lowest BCUT2D eigenvalue weighted by Crippen LogP contribution is -2.43. The number of nitrogens with zero attached hydrogens (tertiary/aromatic N) is 3. The van der Waals surface area contributed by atoms with Crippen molar-refractivity contribution in [3.8, 4) is 22.8 Å². The van der Waals surface area contributed by atoms with Crippen LogP contribution in [0.2, 0.25) is 0 Å². The molecule has 0 radical (unpaired) electrons. The minimum absolute atomic E-state index is 0.0175. The second-order valence-electron chi connectivity index (χ2n) is 12.6. The third-order valence-corrected chi connectivity index (χ3v) is 9.36. The van der Waals surface area contributed by atoms with Crippen molar-refractivity contribution in [1.82, 2.24) is 19.4 Å². The van der Waals surface area contributed by atoms with Gasteiger partial charge in [0, 0.05) is 34.6 Å². The highest BCUT2D eigenvalue weighted by Gasteiger charge is 2.32. The van der Waals surface area contributed by atoms with E-state index in [0.717, 1.165) is 33.6 Å². The Balaban J connectivity index is 1.31. The molecule has 1 aliphatic carbocycles. The highest BCUT2D eigenvalue weighted by molar-refractivity contribution is 6.01. The molecule has 0 saturated heterocycles. The van der Waals surface area contributed by atoms with E-state index >= 15 is 0 Å². The topological polar surface area (TPSA) is 90.5 Å². The van der Waals surface area contributed by atoms with Gasteiger partial charge in [0.05, 0.1) is 42.5 Å². The maximum atomic E-state index is 13.9. The van der Waals surface area contributed by atoms with Gasteiger partial charge in [-0.25, -0.2) is 4.98 Å². The van der Waals surface area contributed by atoms with Crippen molar-refractivity contribution in [2.75, 3.05) is 20.3 Å². The Labute approximate surface area is 257 Å². The molecule has 3 aromatic carbocycles. The van der Waals surface area contributed by atoms with Crippen LogP contribution in [-0.2, 0) is 18.6 Å². The van der Waals surface area contributed by atoms with Crippen LogP contribution in [0.15, 0.2) is 60.7 Å². The summed E-state index contributed by atoms with van der Waals surface area (Å²) < 4.78 is 16.1. The van der Waals surface area contributed by atoms with Gasteiger partial charge in [0.1, 0.15) is 23.9 Å². The number of methoxy groups -OCH3 is 1. The second-order valence-corrected chi connectivity index (χ2v) is 12.6. The number of aliphatic hydroxyl groups is 1. The van der Waals surface area contributed by atoms with Crippen LogP contribution in [0.5, 0.6) is 11.5 Å². The first-order valence-electron chi connectivity index (χ1n) is 15.8. The zero-order chi connectivity index (χ0) is 30.4. The van der Waals surface area contributed by atoms with Gasteiger partial charge in [0.15, 0.2) is 0 Å². The fourth-order valence-electron chi connectivity index (χ4n) is 7.33. The van der Waals surface area contributed by atoms with Gasteiger partial charge in [-0.05, 0) is 74.6 Å². The summed E-state index contributed by atoms with van der Waals surface area (Å²) in [5.41, 5.74) is 6.32. The van der Waals surface area contributed by atoms with Gasteiger partial charge in [0.2, 0.25) is 0 Å². The molecule has 0 spiro atoms. The normalized spacial score (nSPS) is 15.5. The Morgan fingerprint density at radius 3 is 2.68 bits per heavy atom. The number of rotatable bonds is 7. The van der Waals surface area contributed by atoms with Gasteiger partial charge >= 0.3 is 0 Å². The predicted octanol–water partition coefficient (Wildman–Crippen LogP) is 6.76. The molecule has 1 aliphatic heterocycles. The fourth-order valence-corrected chi connectivity index (χ4v) is 7.33. The lowest BCUT2D eigenvalue weighted by Gasteiger charge is -2.27. The molecule has 3 heterocycles. The van der Waals surface area contributed by atoms with E-state index in [9.17, 15) is 9.90 Å². The van der Waals surface area contributed by atoms with Crippen LogP contribution in [0, 0.1) is 0 Å². The van der Waals surface area contributed by atoms with Gasteiger partial charge < -0.3 is 29.0 Å². The number of hydrogen-bond donors (Lipinski definition) is 2. The summed E-state index contributed by atoms with van der Waals surface area (Å²) in [6.07, 6.45) is 6.10. The minimum Gasteiger partial charge on any atom is -0.497 e. The zero-order valence-corrected chi connectivity index (χ0v) is 25.7. The van der Waals surface area contributed by atoms with Crippen molar-refractivity contribution in [3.63, 3.8) is 0 Å². The average molecular weight is 593 g/mol. The Morgan fingerprint density at radius 1 is 1.07 bits per heavy atom. The van der Waals surface area contributed by atoms with Crippen molar-refractivity contribution in [3.05, 3.63) is 77.6 Å². The first-order valence-corrected chi connectivity index (χ1v) is 15.8. The number of nitrogens with one attached hydrogen (secondary N) is 1. The molecule has 5 aromatic rings. The van der Waals surface area contributed by atoms with Gasteiger partial charge in [-0.2, -0.15) is 0 Å². The average Bonchev–Trinajstić information content (AvgIpc) is 3.50. The third-order valence-electron chi connectivity index (χ3n) is 9.36. The molecular weight excluding hydrogens is 552 g/mol. The van der Waals surface area contributed by atoms with E-state index in [4.69, 9.17) is 14.5 Å². The fraction of sp³-hybridized carbons (Fsp3) is 0.389. The number of benzene rings is 3. The Bertz CT molecular complexity index is 1860. The Kier molecular flexibility index (Phi) is 7.33. The summed E-state index contributed by atoms with van der Waals surface area (Å²) >= 11 is 0. The maximum absolute atomic E-state index is 13.9. The molecular formula is C36H40N4O4. The first kappa shape index (κ1) is 28.5. The number of para-hydroxylation sites is 2. The number of amides is 1. The molecule has 1 fully saturated rings. The van der Waals surface area contributed by atoms with E-state index in [2.05, 4.69) is 22.0 Å². The van der Waals surface area contributed by atoms with E-state index < -0.39 is 5.54 Å². The Hall–Kier alpha value is -4.30. The summed E-state index contributed by atoms with van der Waals surface area (Å²) in [6.45, 7) is 5.53. The van der Waals surface area contributed by atoms with Crippen LogP contribution < -0.4 is 14.8 Å². The zero-order valence-electron chi connectivity index (χ0n) is 25.7. The number of carbonyl (C=O) groups excluding carboxylic acids is 1. The number of aliphatic hydroxyl groups excluding tert-OH is 1. The van der Waals surface area contributed by atoms with Crippen molar-refractivity contribution < 1.29 is 19.4 Å². The molecule has 0 bridgehead atoms. The molecule has 228 valence electrons. The van der Waals surface area contributed by atoms with Crippen LogP contribution in [0.4, 0.5) is 0 Å². The molecule has 8 heteroatoms. The van der Waals surface area contributed by atoms with Crippen LogP contribution in [0.3, 0.4) is 0 Å². The molecule has 1 saturated carbocycles. The molecule has 0 unspecified atom stereocenters. The Morgan fingerprint density at radius 2 is 1.89 bits per heavy atom. The van der Waals surface area contributed by atoms with Crippen LogP contribution in [0.1, 0.15) is 73.6 Å². The van der Waals surface area contributed by atoms with Gasteiger partial charge in [-0.15, -0.1) is 0 Å². The smallest absolute Gasteiger partial charge is 0.252 e. The van der Waals surface area contributed by atoms with Gasteiger partial charge in [-0.1, -0.05) is 37.5 Å². The predicted molar refractivity (Wildman–Crippen MR) is 173 cm³/mol. The minimum atomic E-state index is -0.782. The van der Waals surface area contributed by atoms with E-state index in [0.29, 0.717) is 37.0 Å². The highest BCUT2D eigenvalue weighted by atomic mass is 16.5. The molecule has 44 heavy (non-hydrogen) atoms. The third kappa shape index (κ3) is 4.81. The number of fused-ring (bicyclic) bond motifs is 6. The largest absolute Gasteiger partial charge is 0.497 e. The summed E-state index contributed by atoms with van der Waals surface area (Å²) in [7, 11) is 1.68. The summed E-state index contributed by atoms with van der Waals surface area (Å²) in [5.74, 6) is 2.63. The molecule has 2 aliphatic rings. The van der Waals surface area contributed by atoms with Crippen LogP contribution in [-0.4, -0.2) is 45.5 Å². The van der Waals surface area contributed by atoms with Gasteiger partial charge in [0.25, 0.3) is 5.91 Å². The van der Waals surface area contributed by atoms with Crippen molar-refractivity contribution in [2.45, 2.75) is 70.5 Å². The monoisotopic (exact) mass is 592 g/mol. The molecule has 1 amide bonds. The standard InChI is InChI=1S/C36H40N4O4/c1-36(2,35-37-28-11-7-8-12-29(28)40(35)17-19-41)38-34(42)24-13-15-26-30(21-24)39-18-20-44-31-22-25(43-3)14-16-27(31)33(39)32(26)23-9-5-4-6-10-23/h7-8,11-16,21-23,41H,4-6,9-10,17-20H2,1-3H3,(H,38,42). The number of imidazole rings is 1. The lowest BCUT2D eigenvalue weighted by atomic mass is 9.81. The van der Waals surface area contributed by atoms with Crippen molar-refractivity contribution in [2.24, 2.45) is 0 Å². The summed E-state index contributed by atoms with van der Waals surface area (Å²) in [5, 5.41) is 14.3. The lowest BCUT2D eigenvalue weighted by molar-refractivity contribution is 0.0906. The molecule has 0 atom stereocenters. The summed E-state index contributed by atoms with van der Waals surface area (Å²) in [4.78, 5) is 18.8. The quantitative estimate of drug-likeness (QED) is 0.218. The van der Waals surface area contributed by atoms with Crippen molar-refractivity contribution >= 4 is 27.8 Å². The molecule has 2 aromatic heterocycles. The number of aromatic nitrogens is 3. The number of hydrogen-bond acceptors (Lipinski definition) is 5. The SMILES string of the molecule is COc1ccc2c(c1)OCCn1c-2c(C2CCCCC2)c2ccc(C(=O)NC(C)(C)c3nc4ccccc4n3CCO)cc21. The van der Waals surface area contributed by atoms with E-state index in [1.165, 1.54) is 48.7 Å². The first-order chi connectivity index (χ1) is 21.4. The van der Waals surface area contributed by atoms with Crippen LogP contribution in [0.25, 0.3) is 33.2 Å². The number of carbonyl (C=O) groups is 1. The second kappa shape index (κ2) is 11.3. The maximum Gasteiger partial charge on any atom is 0.252 e. The van der Waals surface area contributed by atoms with E-state index in [1.807, 2.05) is 66.9 Å².